The van der Waals surface area contributed by atoms with Gasteiger partial charge >= 0.3 is 0 Å². The Morgan fingerprint density at radius 1 is 1.38 bits per heavy atom. The summed E-state index contributed by atoms with van der Waals surface area (Å²) >= 11 is 0. The number of aromatic nitrogens is 1. The van der Waals surface area contributed by atoms with Gasteiger partial charge in [-0.25, -0.2) is 0 Å². The molecule has 1 saturated heterocycles. The van der Waals surface area contributed by atoms with Crippen molar-refractivity contribution in [3.8, 4) is 0 Å². The standard InChI is InChI=1S/C20H29N3O/c1-14-9-17(14)20(24)23-12-16-6-3-7-19(18(16)13-23)22(2)11-15-5-4-8-21-10-15/h4-5,8,10,14,16-19H,3,6-7,9,11-13H2,1-2H3/t14-,16-,17-,18+,19+/m1/s1. The van der Waals surface area contributed by atoms with E-state index in [4.69, 9.17) is 0 Å². The summed E-state index contributed by atoms with van der Waals surface area (Å²) < 4.78 is 0. The molecule has 2 saturated carbocycles. The first kappa shape index (κ1) is 16.1. The van der Waals surface area contributed by atoms with Crippen molar-refractivity contribution >= 4 is 5.91 Å². The van der Waals surface area contributed by atoms with E-state index < -0.39 is 0 Å². The Kier molecular flexibility index (Phi) is 4.33. The van der Waals surface area contributed by atoms with Crippen LogP contribution in [0, 0.1) is 23.7 Å². The maximum absolute atomic E-state index is 12.6. The summed E-state index contributed by atoms with van der Waals surface area (Å²) in [7, 11) is 2.24. The number of fused-ring (bicyclic) bond motifs is 1. The molecule has 0 spiro atoms. The van der Waals surface area contributed by atoms with Gasteiger partial charge in [0.1, 0.15) is 0 Å². The van der Waals surface area contributed by atoms with E-state index in [2.05, 4.69) is 34.8 Å². The second-order valence-electron chi connectivity index (χ2n) is 8.26. The van der Waals surface area contributed by atoms with Crippen molar-refractivity contribution in [1.29, 1.82) is 0 Å². The third-order valence-electron chi connectivity index (χ3n) is 6.52. The fraction of sp³-hybridized carbons (Fsp3) is 0.700. The van der Waals surface area contributed by atoms with Crippen molar-refractivity contribution in [2.75, 3.05) is 20.1 Å². The molecule has 0 N–H and O–H groups in total. The van der Waals surface area contributed by atoms with E-state index in [1.165, 1.54) is 24.8 Å². The summed E-state index contributed by atoms with van der Waals surface area (Å²) in [6.45, 7) is 5.14. The molecule has 0 radical (unpaired) electrons. The quantitative estimate of drug-likeness (QED) is 0.853. The lowest BCUT2D eigenvalue weighted by Crippen LogP contribution is -2.43. The van der Waals surface area contributed by atoms with Crippen molar-refractivity contribution in [2.24, 2.45) is 23.7 Å². The molecule has 1 aromatic heterocycles. The largest absolute Gasteiger partial charge is 0.342 e. The molecule has 4 rings (SSSR count). The van der Waals surface area contributed by atoms with Crippen molar-refractivity contribution in [2.45, 2.75) is 45.2 Å². The monoisotopic (exact) mass is 327 g/mol. The fourth-order valence-corrected chi connectivity index (χ4v) is 4.97. The zero-order chi connectivity index (χ0) is 16.7. The molecule has 1 aromatic rings. The summed E-state index contributed by atoms with van der Waals surface area (Å²) in [6.07, 6.45) is 8.76. The number of likely N-dealkylation sites (tertiary alicyclic amines) is 1. The van der Waals surface area contributed by atoms with Crippen LogP contribution in [0.15, 0.2) is 24.5 Å². The number of hydrogen-bond acceptors (Lipinski definition) is 3. The summed E-state index contributed by atoms with van der Waals surface area (Å²) in [4.78, 5) is 21.6. The second kappa shape index (κ2) is 6.47. The van der Waals surface area contributed by atoms with Gasteiger partial charge in [-0.3, -0.25) is 14.7 Å². The van der Waals surface area contributed by atoms with Crippen LogP contribution in [0.3, 0.4) is 0 Å². The van der Waals surface area contributed by atoms with Crippen molar-refractivity contribution < 1.29 is 4.79 Å². The molecule has 4 heteroatoms. The molecular formula is C20H29N3O. The number of carbonyl (C=O) groups is 1. The van der Waals surface area contributed by atoms with E-state index in [1.54, 1.807) is 0 Å². The normalized spacial score (nSPS) is 35.1. The summed E-state index contributed by atoms with van der Waals surface area (Å²) in [6, 6.07) is 4.76. The Bertz CT molecular complexity index is 590. The molecule has 130 valence electrons. The van der Waals surface area contributed by atoms with Crippen LogP contribution in [0.5, 0.6) is 0 Å². The number of carbonyl (C=O) groups excluding carboxylic acids is 1. The van der Waals surface area contributed by atoms with Gasteiger partial charge in [-0.1, -0.05) is 19.4 Å². The van der Waals surface area contributed by atoms with Crippen LogP contribution in [0.25, 0.3) is 0 Å². The molecule has 1 amide bonds. The minimum Gasteiger partial charge on any atom is -0.342 e. The van der Waals surface area contributed by atoms with Gasteiger partial charge in [0, 0.05) is 44.0 Å². The highest BCUT2D eigenvalue weighted by Crippen LogP contribution is 2.43. The first-order chi connectivity index (χ1) is 11.6. The van der Waals surface area contributed by atoms with Gasteiger partial charge in [0.2, 0.25) is 5.91 Å². The van der Waals surface area contributed by atoms with Gasteiger partial charge in [0.05, 0.1) is 0 Å². The molecule has 5 atom stereocenters. The predicted molar refractivity (Wildman–Crippen MR) is 94.2 cm³/mol. The summed E-state index contributed by atoms with van der Waals surface area (Å²) in [5, 5.41) is 0. The highest BCUT2D eigenvalue weighted by molar-refractivity contribution is 5.81. The zero-order valence-corrected chi connectivity index (χ0v) is 14.9. The Morgan fingerprint density at radius 2 is 2.21 bits per heavy atom. The third kappa shape index (κ3) is 3.08. The van der Waals surface area contributed by atoms with E-state index in [1.807, 2.05) is 18.5 Å². The Balaban J connectivity index is 1.42. The number of rotatable bonds is 4. The number of nitrogens with zero attached hydrogens (tertiary/aromatic N) is 3. The van der Waals surface area contributed by atoms with Gasteiger partial charge in [0.25, 0.3) is 0 Å². The van der Waals surface area contributed by atoms with Crippen LogP contribution in [0.4, 0.5) is 0 Å². The molecule has 2 aliphatic carbocycles. The van der Waals surface area contributed by atoms with Crippen LogP contribution in [0.2, 0.25) is 0 Å². The molecule has 1 aliphatic heterocycles. The summed E-state index contributed by atoms with van der Waals surface area (Å²) in [5.41, 5.74) is 1.28. The van der Waals surface area contributed by atoms with Gasteiger partial charge in [-0.15, -0.1) is 0 Å². The average molecular weight is 327 g/mol. The molecule has 0 aromatic carbocycles. The van der Waals surface area contributed by atoms with E-state index in [-0.39, 0.29) is 0 Å². The molecule has 0 bridgehead atoms. The molecule has 2 heterocycles. The molecule has 24 heavy (non-hydrogen) atoms. The first-order valence-electron chi connectivity index (χ1n) is 9.51. The maximum atomic E-state index is 12.6. The lowest BCUT2D eigenvalue weighted by molar-refractivity contribution is -0.132. The van der Waals surface area contributed by atoms with Crippen molar-refractivity contribution in [3.63, 3.8) is 0 Å². The van der Waals surface area contributed by atoms with Crippen LogP contribution in [0.1, 0.15) is 38.2 Å². The number of hydrogen-bond donors (Lipinski definition) is 0. The van der Waals surface area contributed by atoms with Crippen LogP contribution in [-0.2, 0) is 11.3 Å². The molecule has 3 aliphatic rings. The van der Waals surface area contributed by atoms with Crippen molar-refractivity contribution in [3.05, 3.63) is 30.1 Å². The van der Waals surface area contributed by atoms with E-state index in [9.17, 15) is 4.79 Å². The highest BCUT2D eigenvalue weighted by atomic mass is 16.2. The smallest absolute Gasteiger partial charge is 0.225 e. The summed E-state index contributed by atoms with van der Waals surface area (Å²) in [5.74, 6) is 2.74. The van der Waals surface area contributed by atoms with Gasteiger partial charge in [-0.2, -0.15) is 0 Å². The Labute approximate surface area is 145 Å². The van der Waals surface area contributed by atoms with E-state index >= 15 is 0 Å². The van der Waals surface area contributed by atoms with Gasteiger partial charge in [-0.05, 0) is 55.7 Å². The minimum atomic E-state index is 0.330. The second-order valence-corrected chi connectivity index (χ2v) is 8.26. The third-order valence-corrected chi connectivity index (χ3v) is 6.52. The van der Waals surface area contributed by atoms with Crippen LogP contribution in [-0.4, -0.2) is 46.9 Å². The first-order valence-corrected chi connectivity index (χ1v) is 9.51. The molecular weight excluding hydrogens is 298 g/mol. The Morgan fingerprint density at radius 3 is 2.92 bits per heavy atom. The molecule has 3 fully saturated rings. The lowest BCUT2D eigenvalue weighted by Gasteiger charge is -2.39. The highest BCUT2D eigenvalue weighted by Gasteiger charge is 2.47. The van der Waals surface area contributed by atoms with Crippen LogP contribution >= 0.6 is 0 Å². The molecule has 0 unspecified atom stereocenters. The molecule has 4 nitrogen and oxygen atoms in total. The van der Waals surface area contributed by atoms with Crippen LogP contribution < -0.4 is 0 Å². The maximum Gasteiger partial charge on any atom is 0.225 e. The van der Waals surface area contributed by atoms with Gasteiger partial charge < -0.3 is 4.90 Å². The predicted octanol–water partition coefficient (Wildman–Crippen LogP) is 2.80. The van der Waals surface area contributed by atoms with Gasteiger partial charge in [0.15, 0.2) is 0 Å². The zero-order valence-electron chi connectivity index (χ0n) is 14.9. The number of amides is 1. The van der Waals surface area contributed by atoms with E-state index in [0.29, 0.717) is 35.6 Å². The topological polar surface area (TPSA) is 36.4 Å². The van der Waals surface area contributed by atoms with Crippen molar-refractivity contribution in [1.82, 2.24) is 14.8 Å². The average Bonchev–Trinajstić information content (AvgIpc) is 3.16. The number of pyridine rings is 1. The minimum absolute atomic E-state index is 0.330. The lowest BCUT2D eigenvalue weighted by atomic mass is 9.77. The van der Waals surface area contributed by atoms with E-state index in [0.717, 1.165) is 26.1 Å². The Hall–Kier alpha value is -1.42. The fourth-order valence-electron chi connectivity index (χ4n) is 4.97. The SMILES string of the molecule is C[C@@H]1C[C@H]1C(=O)N1C[C@H]2CCC[C@H](N(C)Cc3cccnc3)[C@H]2C1.